The first kappa shape index (κ1) is 21.0. The van der Waals surface area contributed by atoms with Crippen molar-refractivity contribution in [2.75, 3.05) is 58.2 Å². The normalized spacial score (nSPS) is 20.8. The minimum atomic E-state index is -3.39. The van der Waals surface area contributed by atoms with Crippen LogP contribution in [0, 0.1) is 5.92 Å². The second-order valence-corrected chi connectivity index (χ2v) is 9.47. The highest BCUT2D eigenvalue weighted by molar-refractivity contribution is 7.86. The maximum absolute atomic E-state index is 12.8. The first-order valence-electron chi connectivity index (χ1n) is 9.80. The lowest BCUT2D eigenvalue weighted by atomic mass is 10.0. The predicted molar refractivity (Wildman–Crippen MR) is 109 cm³/mol. The number of piperazine rings is 1. The molecule has 0 saturated carbocycles. The summed E-state index contributed by atoms with van der Waals surface area (Å²) in [5.41, 5.74) is 0.714. The molecule has 0 aliphatic carbocycles. The first-order chi connectivity index (χ1) is 13.4. The number of hydrogen-bond donors (Lipinski definition) is 1. The lowest BCUT2D eigenvalue weighted by Gasteiger charge is -2.38. The molecule has 2 heterocycles. The van der Waals surface area contributed by atoms with Crippen molar-refractivity contribution < 1.29 is 17.9 Å². The lowest BCUT2D eigenvalue weighted by Crippen LogP contribution is -2.55. The molecule has 28 heavy (non-hydrogen) atoms. The van der Waals surface area contributed by atoms with Gasteiger partial charge in [0, 0.05) is 45.0 Å². The number of hydrogen-bond acceptors (Lipinski definition) is 5. The van der Waals surface area contributed by atoms with Gasteiger partial charge in [-0.1, -0.05) is 6.92 Å². The molecule has 0 aromatic heterocycles. The van der Waals surface area contributed by atoms with Crippen LogP contribution in [0.5, 0.6) is 5.75 Å². The minimum absolute atomic E-state index is 0.105. The standard InChI is InChI=1S/C19H30N4O4S/c1-16-7-9-22(10-8-16)28(25,26)23-13-11-21(12-14-23)15-19(24)20-17-3-5-18(27-2)6-4-17/h3-6,16H,7-15H2,1-2H3,(H,20,24). The van der Waals surface area contributed by atoms with Gasteiger partial charge in [-0.3, -0.25) is 9.69 Å². The predicted octanol–water partition coefficient (Wildman–Crippen LogP) is 1.23. The Kier molecular flexibility index (Phi) is 6.92. The molecule has 8 nitrogen and oxygen atoms in total. The SMILES string of the molecule is COc1ccc(NC(=O)CN2CCN(S(=O)(=O)N3CCC(C)CC3)CC2)cc1. The Morgan fingerprint density at radius 3 is 2.18 bits per heavy atom. The summed E-state index contributed by atoms with van der Waals surface area (Å²) in [6, 6.07) is 7.17. The minimum Gasteiger partial charge on any atom is -0.497 e. The Bertz CT molecular complexity index is 753. The van der Waals surface area contributed by atoms with Crippen LogP contribution >= 0.6 is 0 Å². The summed E-state index contributed by atoms with van der Waals surface area (Å²) in [6.45, 7) is 5.58. The molecule has 0 spiro atoms. The van der Waals surface area contributed by atoms with Crippen LogP contribution in [0.4, 0.5) is 5.69 Å². The van der Waals surface area contributed by atoms with Gasteiger partial charge >= 0.3 is 0 Å². The summed E-state index contributed by atoms with van der Waals surface area (Å²) in [7, 11) is -1.79. The van der Waals surface area contributed by atoms with Crippen molar-refractivity contribution in [3.05, 3.63) is 24.3 Å². The Morgan fingerprint density at radius 2 is 1.61 bits per heavy atom. The highest BCUT2D eigenvalue weighted by atomic mass is 32.2. The number of piperidine rings is 1. The van der Waals surface area contributed by atoms with E-state index in [1.165, 1.54) is 0 Å². The number of amides is 1. The fourth-order valence-electron chi connectivity index (χ4n) is 3.58. The van der Waals surface area contributed by atoms with Crippen LogP contribution in [0.3, 0.4) is 0 Å². The highest BCUT2D eigenvalue weighted by Gasteiger charge is 2.34. The van der Waals surface area contributed by atoms with E-state index in [-0.39, 0.29) is 12.5 Å². The molecule has 0 bridgehead atoms. The Hall–Kier alpha value is -1.68. The zero-order valence-corrected chi connectivity index (χ0v) is 17.5. The number of rotatable bonds is 6. The van der Waals surface area contributed by atoms with Crippen molar-refractivity contribution in [2.24, 2.45) is 5.92 Å². The molecule has 1 amide bonds. The Morgan fingerprint density at radius 1 is 1.04 bits per heavy atom. The van der Waals surface area contributed by atoms with Crippen molar-refractivity contribution >= 4 is 21.8 Å². The molecular weight excluding hydrogens is 380 g/mol. The van der Waals surface area contributed by atoms with Crippen LogP contribution in [-0.4, -0.2) is 80.8 Å². The van der Waals surface area contributed by atoms with Gasteiger partial charge in [-0.25, -0.2) is 0 Å². The van der Waals surface area contributed by atoms with Gasteiger partial charge in [0.15, 0.2) is 0 Å². The number of nitrogens with zero attached hydrogens (tertiary/aromatic N) is 3. The number of benzene rings is 1. The van der Waals surface area contributed by atoms with Crippen molar-refractivity contribution in [1.29, 1.82) is 0 Å². The van der Waals surface area contributed by atoms with E-state index in [1.807, 2.05) is 4.90 Å². The van der Waals surface area contributed by atoms with Crippen molar-refractivity contribution in [3.63, 3.8) is 0 Å². The van der Waals surface area contributed by atoms with Crippen LogP contribution < -0.4 is 10.1 Å². The highest BCUT2D eigenvalue weighted by Crippen LogP contribution is 2.21. The molecule has 1 aromatic rings. The van der Waals surface area contributed by atoms with E-state index in [4.69, 9.17) is 4.74 Å². The largest absolute Gasteiger partial charge is 0.497 e. The van der Waals surface area contributed by atoms with Crippen molar-refractivity contribution in [1.82, 2.24) is 13.5 Å². The van der Waals surface area contributed by atoms with E-state index < -0.39 is 10.2 Å². The molecule has 0 unspecified atom stereocenters. The third kappa shape index (κ3) is 5.22. The Labute approximate surface area is 167 Å². The van der Waals surface area contributed by atoms with Crippen LogP contribution in [0.2, 0.25) is 0 Å². The molecule has 2 aliphatic heterocycles. The molecule has 0 atom stereocenters. The molecule has 2 fully saturated rings. The molecule has 156 valence electrons. The topological polar surface area (TPSA) is 82.2 Å². The van der Waals surface area contributed by atoms with Gasteiger partial charge in [-0.2, -0.15) is 17.0 Å². The van der Waals surface area contributed by atoms with E-state index in [0.717, 1.165) is 18.6 Å². The zero-order chi connectivity index (χ0) is 20.1. The summed E-state index contributed by atoms with van der Waals surface area (Å²) < 4.78 is 33.9. The average Bonchev–Trinajstić information content (AvgIpc) is 2.69. The van der Waals surface area contributed by atoms with E-state index in [0.29, 0.717) is 50.9 Å². The van der Waals surface area contributed by atoms with E-state index in [1.54, 1.807) is 40.0 Å². The average molecular weight is 411 g/mol. The molecule has 0 radical (unpaired) electrons. The van der Waals surface area contributed by atoms with Gasteiger partial charge in [-0.05, 0) is 43.0 Å². The molecular formula is C19H30N4O4S. The van der Waals surface area contributed by atoms with Crippen LogP contribution in [0.25, 0.3) is 0 Å². The van der Waals surface area contributed by atoms with Gasteiger partial charge in [0.25, 0.3) is 10.2 Å². The summed E-state index contributed by atoms with van der Waals surface area (Å²) in [4.78, 5) is 14.3. The molecule has 1 N–H and O–H groups in total. The van der Waals surface area contributed by atoms with Gasteiger partial charge in [0.05, 0.1) is 13.7 Å². The van der Waals surface area contributed by atoms with Crippen LogP contribution in [0.1, 0.15) is 19.8 Å². The maximum Gasteiger partial charge on any atom is 0.282 e. The van der Waals surface area contributed by atoms with E-state index >= 15 is 0 Å². The van der Waals surface area contributed by atoms with E-state index in [9.17, 15) is 13.2 Å². The molecule has 2 aliphatic rings. The third-order valence-corrected chi connectivity index (χ3v) is 7.50. The van der Waals surface area contributed by atoms with Crippen LogP contribution in [-0.2, 0) is 15.0 Å². The molecule has 3 rings (SSSR count). The number of methoxy groups -OCH3 is 1. The van der Waals surface area contributed by atoms with Gasteiger partial charge < -0.3 is 10.1 Å². The van der Waals surface area contributed by atoms with Crippen molar-refractivity contribution in [3.8, 4) is 5.75 Å². The van der Waals surface area contributed by atoms with Gasteiger partial charge in [-0.15, -0.1) is 0 Å². The van der Waals surface area contributed by atoms with Gasteiger partial charge in [0.1, 0.15) is 5.75 Å². The second kappa shape index (κ2) is 9.21. The summed E-state index contributed by atoms with van der Waals surface area (Å²) in [5, 5.41) is 2.86. The third-order valence-electron chi connectivity index (χ3n) is 5.47. The number of carbonyl (C=O) groups is 1. The number of ether oxygens (including phenoxy) is 1. The second-order valence-electron chi connectivity index (χ2n) is 7.54. The molecule has 9 heteroatoms. The number of anilines is 1. The monoisotopic (exact) mass is 410 g/mol. The molecule has 2 saturated heterocycles. The number of nitrogens with one attached hydrogen (secondary N) is 1. The lowest BCUT2D eigenvalue weighted by molar-refractivity contribution is -0.117. The smallest absolute Gasteiger partial charge is 0.282 e. The first-order valence-corrected chi connectivity index (χ1v) is 11.2. The quantitative estimate of drug-likeness (QED) is 0.763. The zero-order valence-electron chi connectivity index (χ0n) is 16.6. The fraction of sp³-hybridized carbons (Fsp3) is 0.632. The Balaban J connectivity index is 1.46. The van der Waals surface area contributed by atoms with Gasteiger partial charge in [0.2, 0.25) is 5.91 Å². The molecule has 1 aromatic carbocycles. The maximum atomic E-state index is 12.8. The van der Waals surface area contributed by atoms with E-state index in [2.05, 4.69) is 12.2 Å². The number of carbonyl (C=O) groups excluding carboxylic acids is 1. The summed E-state index contributed by atoms with van der Waals surface area (Å²) in [5.74, 6) is 1.22. The van der Waals surface area contributed by atoms with Crippen LogP contribution in [0.15, 0.2) is 24.3 Å². The fourth-order valence-corrected chi connectivity index (χ4v) is 5.20. The summed E-state index contributed by atoms with van der Waals surface area (Å²) in [6.07, 6.45) is 1.84. The van der Waals surface area contributed by atoms with Crippen molar-refractivity contribution in [2.45, 2.75) is 19.8 Å². The summed E-state index contributed by atoms with van der Waals surface area (Å²) >= 11 is 0.